The highest BCUT2D eigenvalue weighted by Gasteiger charge is 2.33. The van der Waals surface area contributed by atoms with Crippen LogP contribution in [0.2, 0.25) is 0 Å². The number of aryl methyl sites for hydroxylation is 1. The van der Waals surface area contributed by atoms with E-state index in [1.807, 2.05) is 0 Å². The van der Waals surface area contributed by atoms with E-state index in [2.05, 4.69) is 10.0 Å². The lowest BCUT2D eigenvalue weighted by Crippen LogP contribution is -2.37. The Balaban J connectivity index is 0.00000400. The van der Waals surface area contributed by atoms with Crippen molar-refractivity contribution in [1.29, 1.82) is 0 Å². The second-order valence-electron chi connectivity index (χ2n) is 4.52. The van der Waals surface area contributed by atoms with Crippen LogP contribution in [0.15, 0.2) is 23.1 Å². The lowest BCUT2D eigenvalue weighted by atomic mass is 10.1. The van der Waals surface area contributed by atoms with Gasteiger partial charge in [0, 0.05) is 12.6 Å². The molecule has 9 heteroatoms. The molecule has 0 radical (unpaired) electrons. The monoisotopic (exact) mass is 346 g/mol. The van der Waals surface area contributed by atoms with Crippen LogP contribution in [0.1, 0.15) is 18.1 Å². The summed E-state index contributed by atoms with van der Waals surface area (Å²) in [7, 11) is -2.30. The summed E-state index contributed by atoms with van der Waals surface area (Å²) in [5.74, 6) is 0. The number of halogens is 4. The molecule has 0 heterocycles. The maximum Gasteiger partial charge on any atom is 0.416 e. The number of likely N-dealkylation sites (N-methyl/N-ethyl adjacent to an activating group) is 1. The zero-order valence-corrected chi connectivity index (χ0v) is 13.4. The molecule has 0 aliphatic rings. The van der Waals surface area contributed by atoms with Crippen LogP contribution >= 0.6 is 12.4 Å². The molecule has 1 aromatic rings. The highest BCUT2D eigenvalue weighted by atomic mass is 35.5. The lowest BCUT2D eigenvalue weighted by molar-refractivity contribution is -0.138. The molecule has 2 N–H and O–H groups in total. The molecule has 1 atom stereocenters. The van der Waals surface area contributed by atoms with E-state index >= 15 is 0 Å². The van der Waals surface area contributed by atoms with E-state index in [4.69, 9.17) is 0 Å². The molecule has 0 bridgehead atoms. The van der Waals surface area contributed by atoms with Gasteiger partial charge in [-0.25, -0.2) is 13.1 Å². The van der Waals surface area contributed by atoms with Gasteiger partial charge in [-0.05, 0) is 38.6 Å². The number of nitrogens with one attached hydrogen (secondary N) is 2. The van der Waals surface area contributed by atoms with Crippen LogP contribution in [0.25, 0.3) is 0 Å². The van der Waals surface area contributed by atoms with Crippen molar-refractivity contribution in [2.24, 2.45) is 0 Å². The molecular formula is C12H18ClF3N2O2S. The number of hydrogen-bond acceptors (Lipinski definition) is 3. The zero-order valence-electron chi connectivity index (χ0n) is 11.8. The molecule has 0 saturated heterocycles. The molecular weight excluding hydrogens is 329 g/mol. The Morgan fingerprint density at radius 1 is 1.29 bits per heavy atom. The molecule has 1 rings (SSSR count). The topological polar surface area (TPSA) is 58.2 Å². The van der Waals surface area contributed by atoms with Gasteiger partial charge >= 0.3 is 6.18 Å². The summed E-state index contributed by atoms with van der Waals surface area (Å²) in [5.41, 5.74) is -0.956. The largest absolute Gasteiger partial charge is 0.416 e. The summed E-state index contributed by atoms with van der Waals surface area (Å²) < 4.78 is 64.4. The average Bonchev–Trinajstić information content (AvgIpc) is 2.34. The maximum absolute atomic E-state index is 12.8. The van der Waals surface area contributed by atoms with E-state index in [1.54, 1.807) is 14.0 Å². The van der Waals surface area contributed by atoms with Crippen LogP contribution in [0, 0.1) is 6.92 Å². The third-order valence-corrected chi connectivity index (χ3v) is 4.32. The Morgan fingerprint density at radius 2 is 1.86 bits per heavy atom. The van der Waals surface area contributed by atoms with Gasteiger partial charge < -0.3 is 5.32 Å². The number of rotatable bonds is 5. The third kappa shape index (κ3) is 5.46. The molecule has 0 fully saturated rings. The first-order valence-electron chi connectivity index (χ1n) is 5.92. The third-order valence-electron chi connectivity index (χ3n) is 2.90. The van der Waals surface area contributed by atoms with Crippen LogP contribution in [-0.2, 0) is 16.2 Å². The molecule has 0 saturated carbocycles. The second kappa shape index (κ2) is 7.44. The van der Waals surface area contributed by atoms with Gasteiger partial charge in [0.25, 0.3) is 0 Å². The van der Waals surface area contributed by atoms with Crippen LogP contribution in [0.3, 0.4) is 0 Å². The van der Waals surface area contributed by atoms with Crippen molar-refractivity contribution >= 4 is 22.4 Å². The second-order valence-corrected chi connectivity index (χ2v) is 6.28. The van der Waals surface area contributed by atoms with E-state index in [0.29, 0.717) is 6.07 Å². The maximum atomic E-state index is 12.8. The summed E-state index contributed by atoms with van der Waals surface area (Å²) >= 11 is 0. The number of alkyl halides is 3. The Morgan fingerprint density at radius 3 is 2.33 bits per heavy atom. The number of benzene rings is 1. The van der Waals surface area contributed by atoms with E-state index in [-0.39, 0.29) is 30.6 Å². The predicted molar refractivity (Wildman–Crippen MR) is 77.1 cm³/mol. The first-order valence-corrected chi connectivity index (χ1v) is 7.41. The van der Waals surface area contributed by atoms with Crippen LogP contribution in [0.4, 0.5) is 13.2 Å². The molecule has 122 valence electrons. The van der Waals surface area contributed by atoms with Crippen LogP contribution < -0.4 is 10.0 Å². The normalized spacial score (nSPS) is 13.6. The molecule has 21 heavy (non-hydrogen) atoms. The zero-order chi connectivity index (χ0) is 15.6. The van der Waals surface area contributed by atoms with Gasteiger partial charge in [0.05, 0.1) is 10.5 Å². The highest BCUT2D eigenvalue weighted by Crippen LogP contribution is 2.33. The van der Waals surface area contributed by atoms with Gasteiger partial charge in [-0.2, -0.15) is 13.2 Å². The van der Waals surface area contributed by atoms with Crippen LogP contribution in [-0.4, -0.2) is 28.1 Å². The molecule has 1 unspecified atom stereocenters. The molecule has 0 amide bonds. The molecule has 1 aromatic carbocycles. The van der Waals surface area contributed by atoms with E-state index < -0.39 is 26.7 Å². The summed E-state index contributed by atoms with van der Waals surface area (Å²) in [5, 5.41) is 2.83. The SMILES string of the molecule is CNC(C)CNS(=O)(=O)c1ccc(C)c(C(F)(F)F)c1.Cl. The number of sulfonamides is 1. The first kappa shape index (κ1) is 20.2. The van der Waals surface area contributed by atoms with Gasteiger partial charge in [-0.3, -0.25) is 0 Å². The van der Waals surface area contributed by atoms with Crippen molar-refractivity contribution < 1.29 is 21.6 Å². The van der Waals surface area contributed by atoms with Gasteiger partial charge in [-0.15, -0.1) is 12.4 Å². The van der Waals surface area contributed by atoms with Crippen molar-refractivity contribution in [3.8, 4) is 0 Å². The minimum Gasteiger partial charge on any atom is -0.316 e. The number of hydrogen-bond donors (Lipinski definition) is 2. The Labute approximate surface area is 128 Å². The fraction of sp³-hybridized carbons (Fsp3) is 0.500. The van der Waals surface area contributed by atoms with Crippen molar-refractivity contribution in [2.75, 3.05) is 13.6 Å². The van der Waals surface area contributed by atoms with Crippen molar-refractivity contribution in [1.82, 2.24) is 10.0 Å². The Bertz CT molecular complexity index is 576. The van der Waals surface area contributed by atoms with E-state index in [1.165, 1.54) is 6.92 Å². The first-order chi connectivity index (χ1) is 9.08. The highest BCUT2D eigenvalue weighted by molar-refractivity contribution is 7.89. The molecule has 0 aliphatic heterocycles. The molecule has 0 aliphatic carbocycles. The van der Waals surface area contributed by atoms with Crippen LogP contribution in [0.5, 0.6) is 0 Å². The van der Waals surface area contributed by atoms with Crippen molar-refractivity contribution in [3.63, 3.8) is 0 Å². The summed E-state index contributed by atoms with van der Waals surface area (Å²) in [6, 6.07) is 2.84. The fourth-order valence-corrected chi connectivity index (χ4v) is 2.65. The molecule has 0 spiro atoms. The summed E-state index contributed by atoms with van der Waals surface area (Å²) in [4.78, 5) is -0.390. The quantitative estimate of drug-likeness (QED) is 0.860. The standard InChI is InChI=1S/C12H17F3N2O2S.ClH/c1-8-4-5-10(6-11(8)12(13,14)15)20(18,19)17-7-9(2)16-3;/h4-6,9,16-17H,7H2,1-3H3;1H. The predicted octanol–water partition coefficient (Wildman–Crippen LogP) is 2.32. The summed E-state index contributed by atoms with van der Waals surface area (Å²) in [6.45, 7) is 3.13. The molecule has 4 nitrogen and oxygen atoms in total. The Hall–Kier alpha value is -0.830. The van der Waals surface area contributed by atoms with Crippen molar-refractivity contribution in [2.45, 2.75) is 31.0 Å². The lowest BCUT2D eigenvalue weighted by Gasteiger charge is -2.14. The minimum atomic E-state index is -4.58. The molecule has 0 aromatic heterocycles. The van der Waals surface area contributed by atoms with Gasteiger partial charge in [0.2, 0.25) is 10.0 Å². The minimum absolute atomic E-state index is 0. The average molecular weight is 347 g/mol. The van der Waals surface area contributed by atoms with E-state index in [9.17, 15) is 21.6 Å². The Kier molecular flexibility index (Phi) is 7.14. The van der Waals surface area contributed by atoms with Crippen molar-refractivity contribution in [3.05, 3.63) is 29.3 Å². The van der Waals surface area contributed by atoms with E-state index in [0.717, 1.165) is 12.1 Å². The van der Waals surface area contributed by atoms with Gasteiger partial charge in [-0.1, -0.05) is 6.07 Å². The van der Waals surface area contributed by atoms with Gasteiger partial charge in [0.1, 0.15) is 0 Å². The van der Waals surface area contributed by atoms with Gasteiger partial charge in [0.15, 0.2) is 0 Å². The smallest absolute Gasteiger partial charge is 0.316 e. The fourth-order valence-electron chi connectivity index (χ4n) is 1.49. The summed E-state index contributed by atoms with van der Waals surface area (Å²) in [6.07, 6.45) is -4.58.